The molecule has 24 heavy (non-hydrogen) atoms. The van der Waals surface area contributed by atoms with Gasteiger partial charge in [0.2, 0.25) is 5.82 Å². The van der Waals surface area contributed by atoms with Gasteiger partial charge in [-0.2, -0.15) is 5.10 Å². The summed E-state index contributed by atoms with van der Waals surface area (Å²) in [7, 11) is 1.84. The van der Waals surface area contributed by atoms with Crippen molar-refractivity contribution in [1.82, 2.24) is 24.3 Å². The van der Waals surface area contributed by atoms with Gasteiger partial charge < -0.3 is 10.3 Å². The molecule has 1 aliphatic carbocycles. The molecule has 120 valence electrons. The number of amides is 1. The number of carbonyl (C=O) groups is 1. The Morgan fingerprint density at radius 1 is 1.29 bits per heavy atom. The van der Waals surface area contributed by atoms with Crippen molar-refractivity contribution >= 4 is 16.9 Å². The lowest BCUT2D eigenvalue weighted by atomic mass is 10.2. The monoisotopic (exact) mass is 320 g/mol. The number of rotatable bonds is 2. The summed E-state index contributed by atoms with van der Waals surface area (Å²) < 4.78 is 3.71. The number of carbonyl (C=O) groups excluding carboxylic acids is 1. The van der Waals surface area contributed by atoms with E-state index in [-0.39, 0.29) is 5.54 Å². The molecule has 3 aromatic heterocycles. The molecule has 0 atom stereocenters. The molecule has 0 saturated heterocycles. The lowest BCUT2D eigenvalue weighted by Crippen LogP contribution is -2.13. The van der Waals surface area contributed by atoms with Crippen LogP contribution < -0.4 is 5.73 Å². The quantitative estimate of drug-likeness (QED) is 0.718. The molecule has 7 heteroatoms. The van der Waals surface area contributed by atoms with Crippen LogP contribution in [0.15, 0.2) is 24.8 Å². The molecule has 0 aliphatic heterocycles. The minimum absolute atomic E-state index is 0.00560. The number of hydrogen-bond acceptors (Lipinski definition) is 4. The van der Waals surface area contributed by atoms with E-state index >= 15 is 0 Å². The van der Waals surface area contributed by atoms with E-state index in [0.717, 1.165) is 18.4 Å². The summed E-state index contributed by atoms with van der Waals surface area (Å²) >= 11 is 0. The summed E-state index contributed by atoms with van der Waals surface area (Å²) in [5.74, 6) is 5.88. The molecule has 0 radical (unpaired) electrons. The number of nitrogens with two attached hydrogens (primary N) is 1. The zero-order chi connectivity index (χ0) is 16.9. The zero-order valence-corrected chi connectivity index (χ0v) is 13.4. The summed E-state index contributed by atoms with van der Waals surface area (Å²) in [6, 6.07) is 0. The van der Waals surface area contributed by atoms with Gasteiger partial charge in [-0.15, -0.1) is 0 Å². The number of fused-ring (bicyclic) bond motifs is 1. The van der Waals surface area contributed by atoms with E-state index in [1.165, 1.54) is 0 Å². The molecule has 1 fully saturated rings. The fourth-order valence-electron chi connectivity index (χ4n) is 2.71. The van der Waals surface area contributed by atoms with Crippen molar-refractivity contribution in [2.75, 3.05) is 0 Å². The van der Waals surface area contributed by atoms with Crippen molar-refractivity contribution in [3.63, 3.8) is 0 Å². The number of aryl methyl sites for hydroxylation is 1. The molecular formula is C17H16N6O. The van der Waals surface area contributed by atoms with Crippen LogP contribution in [0.3, 0.4) is 0 Å². The minimum atomic E-state index is -0.471. The standard InChI is InChI=1S/C17H16N6O/c1-17(5-6-17)23-10-13(15(18)24)12-8-19-14(21-16(12)23)4-3-11-7-20-22(2)9-11/h7-10H,5-6H2,1-2H3,(H2,18,24). The van der Waals surface area contributed by atoms with Crippen molar-refractivity contribution in [3.8, 4) is 11.8 Å². The van der Waals surface area contributed by atoms with Crippen molar-refractivity contribution in [3.05, 3.63) is 41.7 Å². The highest BCUT2D eigenvalue weighted by atomic mass is 16.1. The molecule has 3 heterocycles. The van der Waals surface area contributed by atoms with Crippen LogP contribution in [-0.4, -0.2) is 30.2 Å². The third-order valence-corrected chi connectivity index (χ3v) is 4.39. The zero-order valence-electron chi connectivity index (χ0n) is 13.4. The Kier molecular flexibility index (Phi) is 2.97. The number of aromatic nitrogens is 5. The van der Waals surface area contributed by atoms with Gasteiger partial charge in [0.05, 0.1) is 22.7 Å². The predicted molar refractivity (Wildman–Crippen MR) is 88.1 cm³/mol. The van der Waals surface area contributed by atoms with Crippen molar-refractivity contribution in [2.45, 2.75) is 25.3 Å². The Hall–Kier alpha value is -3.14. The smallest absolute Gasteiger partial charge is 0.250 e. The first-order chi connectivity index (χ1) is 11.5. The number of hydrogen-bond donors (Lipinski definition) is 1. The molecule has 0 unspecified atom stereocenters. The van der Waals surface area contributed by atoms with Crippen LogP contribution in [0, 0.1) is 11.8 Å². The number of primary amides is 1. The molecule has 7 nitrogen and oxygen atoms in total. The molecule has 2 N–H and O–H groups in total. The minimum Gasteiger partial charge on any atom is -0.366 e. The van der Waals surface area contributed by atoms with Gasteiger partial charge in [0.25, 0.3) is 5.91 Å². The first kappa shape index (κ1) is 14.5. The van der Waals surface area contributed by atoms with Gasteiger partial charge in [-0.05, 0) is 25.7 Å². The normalized spacial score (nSPS) is 15.1. The van der Waals surface area contributed by atoms with Crippen molar-refractivity contribution < 1.29 is 4.79 Å². The maximum absolute atomic E-state index is 11.7. The molecule has 0 bridgehead atoms. The second-order valence-electron chi connectivity index (χ2n) is 6.36. The van der Waals surface area contributed by atoms with Gasteiger partial charge in [-0.3, -0.25) is 9.48 Å². The van der Waals surface area contributed by atoms with Gasteiger partial charge in [0.15, 0.2) is 0 Å². The highest BCUT2D eigenvalue weighted by Crippen LogP contribution is 2.45. The molecule has 1 aliphatic rings. The summed E-state index contributed by atoms with van der Waals surface area (Å²) in [5, 5.41) is 4.74. The van der Waals surface area contributed by atoms with E-state index in [1.807, 2.05) is 17.8 Å². The van der Waals surface area contributed by atoms with Gasteiger partial charge >= 0.3 is 0 Å². The van der Waals surface area contributed by atoms with Crippen LogP contribution in [0.25, 0.3) is 11.0 Å². The molecular weight excluding hydrogens is 304 g/mol. The second-order valence-corrected chi connectivity index (χ2v) is 6.36. The second kappa shape index (κ2) is 4.93. The van der Waals surface area contributed by atoms with Gasteiger partial charge in [0, 0.05) is 31.2 Å². The molecule has 0 spiro atoms. The van der Waals surface area contributed by atoms with Crippen LogP contribution in [0.5, 0.6) is 0 Å². The van der Waals surface area contributed by atoms with Crippen LogP contribution in [0.2, 0.25) is 0 Å². The third-order valence-electron chi connectivity index (χ3n) is 4.39. The number of nitrogens with zero attached hydrogens (tertiary/aromatic N) is 5. The topological polar surface area (TPSA) is 91.6 Å². The van der Waals surface area contributed by atoms with E-state index in [0.29, 0.717) is 22.4 Å². The van der Waals surface area contributed by atoms with Crippen LogP contribution in [0.1, 0.15) is 41.5 Å². The highest BCUT2D eigenvalue weighted by molar-refractivity contribution is 6.05. The highest BCUT2D eigenvalue weighted by Gasteiger charge is 2.41. The first-order valence-electron chi connectivity index (χ1n) is 7.65. The van der Waals surface area contributed by atoms with Crippen LogP contribution in [-0.2, 0) is 12.6 Å². The van der Waals surface area contributed by atoms with E-state index in [1.54, 1.807) is 23.3 Å². The maximum Gasteiger partial charge on any atom is 0.250 e. The summed E-state index contributed by atoms with van der Waals surface area (Å²) in [6.45, 7) is 2.14. The summed E-state index contributed by atoms with van der Waals surface area (Å²) in [4.78, 5) is 20.5. The molecule has 1 saturated carbocycles. The van der Waals surface area contributed by atoms with E-state index < -0.39 is 5.91 Å². The molecule has 3 aromatic rings. The predicted octanol–water partition coefficient (Wildman–Crippen LogP) is 1.17. The van der Waals surface area contributed by atoms with Crippen LogP contribution in [0.4, 0.5) is 0 Å². The van der Waals surface area contributed by atoms with E-state index in [4.69, 9.17) is 5.73 Å². The SMILES string of the molecule is Cn1cc(C#Cc2ncc3c(C(N)=O)cn(C4(C)CC4)c3n2)cn1. The average molecular weight is 320 g/mol. The lowest BCUT2D eigenvalue weighted by molar-refractivity contribution is 0.100. The Morgan fingerprint density at radius 3 is 2.71 bits per heavy atom. The largest absolute Gasteiger partial charge is 0.366 e. The first-order valence-corrected chi connectivity index (χ1v) is 7.65. The fourth-order valence-corrected chi connectivity index (χ4v) is 2.71. The Morgan fingerprint density at radius 2 is 2.08 bits per heavy atom. The van der Waals surface area contributed by atoms with Crippen molar-refractivity contribution in [2.24, 2.45) is 12.8 Å². The summed E-state index contributed by atoms with van der Waals surface area (Å²) in [5.41, 5.74) is 7.43. The maximum atomic E-state index is 11.7. The van der Waals surface area contributed by atoms with Crippen LogP contribution >= 0.6 is 0 Å². The Bertz CT molecular complexity index is 1030. The van der Waals surface area contributed by atoms with Gasteiger partial charge in [0.1, 0.15) is 5.65 Å². The lowest BCUT2D eigenvalue weighted by Gasteiger charge is -2.11. The molecule has 1 amide bonds. The van der Waals surface area contributed by atoms with Crippen molar-refractivity contribution in [1.29, 1.82) is 0 Å². The van der Waals surface area contributed by atoms with Gasteiger partial charge in [-0.25, -0.2) is 9.97 Å². The fraction of sp³-hybridized carbons (Fsp3) is 0.294. The Labute approximate surface area is 138 Å². The van der Waals surface area contributed by atoms with E-state index in [2.05, 4.69) is 33.8 Å². The van der Waals surface area contributed by atoms with Gasteiger partial charge in [-0.1, -0.05) is 5.92 Å². The van der Waals surface area contributed by atoms with E-state index in [9.17, 15) is 4.79 Å². The third kappa shape index (κ3) is 2.33. The average Bonchev–Trinajstić information content (AvgIpc) is 2.99. The molecule has 0 aromatic carbocycles. The molecule has 4 rings (SSSR count). The summed E-state index contributed by atoms with van der Waals surface area (Å²) in [6.07, 6.45) is 9.02. The Balaban J connectivity index is 1.82.